The Morgan fingerprint density at radius 1 is 0.903 bits per heavy atom. The van der Waals surface area contributed by atoms with Gasteiger partial charge in [0.1, 0.15) is 18.2 Å². The molecule has 5 rings (SSSR count). The summed E-state index contributed by atoms with van der Waals surface area (Å²) in [6.07, 6.45) is 6.21. The lowest BCUT2D eigenvalue weighted by Gasteiger charge is -2.32. The fourth-order valence-corrected chi connectivity index (χ4v) is 4.44. The number of hydrogen-bond acceptors (Lipinski definition) is 4. The summed E-state index contributed by atoms with van der Waals surface area (Å²) in [5, 5.41) is 0. The third-order valence-corrected chi connectivity index (χ3v) is 6.12. The van der Waals surface area contributed by atoms with Crippen LogP contribution in [0.1, 0.15) is 24.2 Å². The topological polar surface area (TPSA) is 43.2 Å². The fourth-order valence-electron chi connectivity index (χ4n) is 4.44. The van der Waals surface area contributed by atoms with Crippen LogP contribution in [0.2, 0.25) is 0 Å². The van der Waals surface area contributed by atoms with Crippen LogP contribution < -0.4 is 4.74 Å². The molecule has 5 nitrogen and oxygen atoms in total. The second kappa shape index (κ2) is 9.31. The van der Waals surface area contributed by atoms with E-state index in [1.165, 1.54) is 23.9 Å². The molecule has 1 saturated heterocycles. The SMILES string of the molecule is c1ccc(OCc2nc3ccccc3n2CC2CCN(Cc3cccnc3)CC2)cc1. The van der Waals surface area contributed by atoms with Gasteiger partial charge in [0.2, 0.25) is 0 Å². The number of piperidine rings is 1. The number of para-hydroxylation sites is 3. The fraction of sp³-hybridized carbons (Fsp3) is 0.308. The largest absolute Gasteiger partial charge is 0.486 e. The van der Waals surface area contributed by atoms with E-state index in [-0.39, 0.29) is 0 Å². The van der Waals surface area contributed by atoms with Crippen molar-refractivity contribution in [2.45, 2.75) is 32.5 Å². The average Bonchev–Trinajstić information content (AvgIpc) is 3.18. The molecule has 158 valence electrons. The maximum absolute atomic E-state index is 6.04. The molecule has 0 amide bonds. The lowest BCUT2D eigenvalue weighted by atomic mass is 9.96. The summed E-state index contributed by atoms with van der Waals surface area (Å²) >= 11 is 0. The van der Waals surface area contributed by atoms with Crippen LogP contribution in [0.25, 0.3) is 11.0 Å². The summed E-state index contributed by atoms with van der Waals surface area (Å²) in [6, 6.07) is 22.6. The first kappa shape index (κ1) is 19.8. The summed E-state index contributed by atoms with van der Waals surface area (Å²) < 4.78 is 8.41. The van der Waals surface area contributed by atoms with Gasteiger partial charge in [-0.3, -0.25) is 9.88 Å². The smallest absolute Gasteiger partial charge is 0.148 e. The lowest BCUT2D eigenvalue weighted by molar-refractivity contribution is 0.166. The molecule has 2 aromatic heterocycles. The second-order valence-corrected chi connectivity index (χ2v) is 8.31. The van der Waals surface area contributed by atoms with E-state index in [1.54, 1.807) is 0 Å². The Balaban J connectivity index is 1.26. The molecular weight excluding hydrogens is 384 g/mol. The molecule has 1 aliphatic rings. The molecule has 0 aliphatic carbocycles. The molecule has 1 fully saturated rings. The molecule has 0 atom stereocenters. The molecule has 3 heterocycles. The Labute approximate surface area is 183 Å². The zero-order chi connectivity index (χ0) is 20.9. The number of fused-ring (bicyclic) bond motifs is 1. The van der Waals surface area contributed by atoms with E-state index in [9.17, 15) is 0 Å². The number of hydrogen-bond donors (Lipinski definition) is 0. The molecule has 0 radical (unpaired) electrons. The minimum absolute atomic E-state index is 0.485. The average molecular weight is 413 g/mol. The Bertz CT molecular complexity index is 1100. The summed E-state index contributed by atoms with van der Waals surface area (Å²) in [6.45, 7) is 4.72. The molecule has 0 bridgehead atoms. The van der Waals surface area contributed by atoms with Crippen molar-refractivity contribution in [1.82, 2.24) is 19.4 Å². The van der Waals surface area contributed by atoms with Gasteiger partial charge in [-0.05, 0) is 67.7 Å². The van der Waals surface area contributed by atoms with Gasteiger partial charge < -0.3 is 9.30 Å². The van der Waals surface area contributed by atoms with Crippen molar-refractivity contribution >= 4 is 11.0 Å². The van der Waals surface area contributed by atoms with Gasteiger partial charge in [-0.25, -0.2) is 4.98 Å². The van der Waals surface area contributed by atoms with Crippen LogP contribution >= 0.6 is 0 Å². The molecule has 0 saturated carbocycles. The molecule has 5 heteroatoms. The van der Waals surface area contributed by atoms with Crippen LogP contribution in [0, 0.1) is 5.92 Å². The van der Waals surface area contributed by atoms with E-state index in [2.05, 4.69) is 44.8 Å². The van der Waals surface area contributed by atoms with Gasteiger partial charge in [0.25, 0.3) is 0 Å². The Morgan fingerprint density at radius 2 is 1.71 bits per heavy atom. The van der Waals surface area contributed by atoms with Crippen molar-refractivity contribution in [3.63, 3.8) is 0 Å². The Hall–Kier alpha value is -3.18. The van der Waals surface area contributed by atoms with Crippen LogP contribution in [-0.2, 0) is 19.7 Å². The number of ether oxygens (including phenoxy) is 1. The second-order valence-electron chi connectivity index (χ2n) is 8.31. The maximum atomic E-state index is 6.04. The summed E-state index contributed by atoms with van der Waals surface area (Å²) in [5.74, 6) is 2.53. The molecule has 1 aliphatic heterocycles. The highest BCUT2D eigenvalue weighted by Crippen LogP contribution is 2.25. The van der Waals surface area contributed by atoms with Crippen LogP contribution in [0.4, 0.5) is 0 Å². The highest BCUT2D eigenvalue weighted by molar-refractivity contribution is 5.75. The molecule has 2 aromatic carbocycles. The van der Waals surface area contributed by atoms with Crippen molar-refractivity contribution in [3.05, 3.63) is 90.5 Å². The first-order valence-corrected chi connectivity index (χ1v) is 11.1. The van der Waals surface area contributed by atoms with E-state index in [1.807, 2.05) is 48.8 Å². The van der Waals surface area contributed by atoms with Gasteiger partial charge in [0, 0.05) is 25.5 Å². The minimum atomic E-state index is 0.485. The molecule has 0 unspecified atom stereocenters. The number of rotatable bonds is 7. The number of pyridine rings is 1. The van der Waals surface area contributed by atoms with E-state index in [4.69, 9.17) is 9.72 Å². The number of benzene rings is 2. The molecule has 31 heavy (non-hydrogen) atoms. The van der Waals surface area contributed by atoms with Gasteiger partial charge >= 0.3 is 0 Å². The van der Waals surface area contributed by atoms with Crippen LogP contribution in [-0.4, -0.2) is 32.5 Å². The number of imidazole rings is 1. The summed E-state index contributed by atoms with van der Waals surface area (Å²) in [5.41, 5.74) is 3.54. The quantitative estimate of drug-likeness (QED) is 0.432. The first-order valence-electron chi connectivity index (χ1n) is 11.1. The van der Waals surface area contributed by atoms with Gasteiger partial charge in [-0.2, -0.15) is 0 Å². The highest BCUT2D eigenvalue weighted by Gasteiger charge is 2.22. The Kier molecular flexibility index (Phi) is 5.94. The third kappa shape index (κ3) is 4.78. The number of nitrogens with zero attached hydrogens (tertiary/aromatic N) is 4. The molecule has 0 spiro atoms. The zero-order valence-electron chi connectivity index (χ0n) is 17.7. The van der Waals surface area contributed by atoms with Crippen molar-refractivity contribution in [1.29, 1.82) is 0 Å². The summed E-state index contributed by atoms with van der Waals surface area (Å²) in [4.78, 5) is 11.7. The van der Waals surface area contributed by atoms with Crippen LogP contribution in [0.5, 0.6) is 5.75 Å². The summed E-state index contributed by atoms with van der Waals surface area (Å²) in [7, 11) is 0. The highest BCUT2D eigenvalue weighted by atomic mass is 16.5. The molecule has 0 N–H and O–H groups in total. The van der Waals surface area contributed by atoms with Crippen molar-refractivity contribution in [2.75, 3.05) is 13.1 Å². The van der Waals surface area contributed by atoms with Gasteiger partial charge in [0.15, 0.2) is 0 Å². The third-order valence-electron chi connectivity index (χ3n) is 6.12. The Morgan fingerprint density at radius 3 is 2.52 bits per heavy atom. The normalized spacial score (nSPS) is 15.4. The van der Waals surface area contributed by atoms with Crippen LogP contribution in [0.15, 0.2) is 79.1 Å². The maximum Gasteiger partial charge on any atom is 0.148 e. The predicted molar refractivity (Wildman–Crippen MR) is 123 cm³/mol. The van der Waals surface area contributed by atoms with Gasteiger partial charge in [-0.15, -0.1) is 0 Å². The van der Waals surface area contributed by atoms with E-state index >= 15 is 0 Å². The van der Waals surface area contributed by atoms with E-state index < -0.39 is 0 Å². The van der Waals surface area contributed by atoms with Crippen LogP contribution in [0.3, 0.4) is 0 Å². The first-order chi connectivity index (χ1) is 15.3. The van der Waals surface area contributed by atoms with Crippen molar-refractivity contribution in [3.8, 4) is 5.75 Å². The minimum Gasteiger partial charge on any atom is -0.486 e. The van der Waals surface area contributed by atoms with E-state index in [0.29, 0.717) is 12.5 Å². The number of aromatic nitrogens is 3. The van der Waals surface area contributed by atoms with Crippen molar-refractivity contribution in [2.24, 2.45) is 5.92 Å². The lowest BCUT2D eigenvalue weighted by Crippen LogP contribution is -2.34. The van der Waals surface area contributed by atoms with Gasteiger partial charge in [0.05, 0.1) is 11.0 Å². The number of likely N-dealkylation sites (tertiary alicyclic amines) is 1. The monoisotopic (exact) mass is 412 g/mol. The zero-order valence-corrected chi connectivity index (χ0v) is 17.7. The standard InChI is InChI=1S/C26H28N4O/c1-2-8-23(9-3-1)31-20-26-28-24-10-4-5-11-25(24)30(26)19-21-12-15-29(16-13-21)18-22-7-6-14-27-17-22/h1-11,14,17,21H,12-13,15-16,18-20H2. The predicted octanol–water partition coefficient (Wildman–Crippen LogP) is 4.92. The molecule has 4 aromatic rings. The van der Waals surface area contributed by atoms with Gasteiger partial charge in [-0.1, -0.05) is 36.4 Å². The van der Waals surface area contributed by atoms with Crippen molar-refractivity contribution < 1.29 is 4.74 Å². The van der Waals surface area contributed by atoms with E-state index in [0.717, 1.165) is 43.3 Å². The molecular formula is C26H28N4O.